The molecule has 0 aliphatic heterocycles. The van der Waals surface area contributed by atoms with E-state index in [9.17, 15) is 4.79 Å². The van der Waals surface area contributed by atoms with E-state index < -0.39 is 0 Å². The van der Waals surface area contributed by atoms with Gasteiger partial charge in [-0.05, 0) is 37.6 Å². The second-order valence-electron chi connectivity index (χ2n) is 6.71. The first-order valence-corrected chi connectivity index (χ1v) is 9.05. The first-order chi connectivity index (χ1) is 13.1. The van der Waals surface area contributed by atoms with E-state index in [1.54, 1.807) is 0 Å². The number of benzene rings is 2. The third kappa shape index (κ3) is 3.36. The van der Waals surface area contributed by atoms with Crippen molar-refractivity contribution >= 4 is 16.8 Å². The molecule has 0 radical (unpaired) electrons. The molecule has 27 heavy (non-hydrogen) atoms. The SMILES string of the molecule is Cc1nn(-c2ccccc2)c(C)c1CNC(=O)Cc1c[nH]c2ccccc12. The third-order valence-electron chi connectivity index (χ3n) is 4.93. The molecular weight excluding hydrogens is 336 g/mol. The van der Waals surface area contributed by atoms with Crippen LogP contribution in [0.3, 0.4) is 0 Å². The van der Waals surface area contributed by atoms with Crippen molar-refractivity contribution in [2.24, 2.45) is 0 Å². The van der Waals surface area contributed by atoms with Crippen molar-refractivity contribution in [3.63, 3.8) is 0 Å². The fourth-order valence-corrected chi connectivity index (χ4v) is 3.45. The van der Waals surface area contributed by atoms with Crippen LogP contribution in [0.4, 0.5) is 0 Å². The second-order valence-corrected chi connectivity index (χ2v) is 6.71. The highest BCUT2D eigenvalue weighted by Gasteiger charge is 2.14. The summed E-state index contributed by atoms with van der Waals surface area (Å²) in [5.74, 6) is 0.00557. The summed E-state index contributed by atoms with van der Waals surface area (Å²) < 4.78 is 1.93. The quantitative estimate of drug-likeness (QED) is 0.569. The lowest BCUT2D eigenvalue weighted by atomic mass is 10.1. The predicted octanol–water partition coefficient (Wildman–Crippen LogP) is 3.83. The van der Waals surface area contributed by atoms with E-state index in [0.29, 0.717) is 13.0 Å². The van der Waals surface area contributed by atoms with Gasteiger partial charge in [0.1, 0.15) is 0 Å². The van der Waals surface area contributed by atoms with Crippen LogP contribution in [-0.2, 0) is 17.8 Å². The minimum atomic E-state index is 0.00557. The monoisotopic (exact) mass is 358 g/mol. The van der Waals surface area contributed by atoms with Gasteiger partial charge in [-0.1, -0.05) is 36.4 Å². The van der Waals surface area contributed by atoms with Crippen LogP contribution >= 0.6 is 0 Å². The molecule has 2 N–H and O–H groups in total. The molecule has 2 aromatic carbocycles. The number of fused-ring (bicyclic) bond motifs is 1. The van der Waals surface area contributed by atoms with E-state index in [1.165, 1.54) is 0 Å². The fourth-order valence-electron chi connectivity index (χ4n) is 3.45. The third-order valence-corrected chi connectivity index (χ3v) is 4.93. The molecular formula is C22H22N4O. The van der Waals surface area contributed by atoms with Gasteiger partial charge in [-0.25, -0.2) is 4.68 Å². The molecule has 1 amide bonds. The minimum Gasteiger partial charge on any atom is -0.361 e. The highest BCUT2D eigenvalue weighted by Crippen LogP contribution is 2.19. The number of hydrogen-bond donors (Lipinski definition) is 2. The van der Waals surface area contributed by atoms with Crippen LogP contribution in [0.15, 0.2) is 60.8 Å². The van der Waals surface area contributed by atoms with Crippen molar-refractivity contribution in [2.75, 3.05) is 0 Å². The molecule has 4 aromatic rings. The summed E-state index contributed by atoms with van der Waals surface area (Å²) in [6, 6.07) is 18.1. The Balaban J connectivity index is 1.47. The van der Waals surface area contributed by atoms with Crippen LogP contribution in [0.5, 0.6) is 0 Å². The molecule has 0 spiro atoms. The van der Waals surface area contributed by atoms with Gasteiger partial charge in [0.2, 0.25) is 5.91 Å². The number of amides is 1. The van der Waals surface area contributed by atoms with Crippen LogP contribution < -0.4 is 5.32 Å². The van der Waals surface area contributed by atoms with Crippen molar-refractivity contribution in [1.29, 1.82) is 0 Å². The largest absolute Gasteiger partial charge is 0.361 e. The van der Waals surface area contributed by atoms with Crippen molar-refractivity contribution in [3.05, 3.63) is 83.3 Å². The summed E-state index contributed by atoms with van der Waals surface area (Å²) in [4.78, 5) is 15.7. The van der Waals surface area contributed by atoms with Crippen LogP contribution in [-0.4, -0.2) is 20.7 Å². The lowest BCUT2D eigenvalue weighted by molar-refractivity contribution is -0.120. The lowest BCUT2D eigenvalue weighted by Crippen LogP contribution is -2.25. The highest BCUT2D eigenvalue weighted by molar-refractivity contribution is 5.88. The van der Waals surface area contributed by atoms with Gasteiger partial charge in [-0.15, -0.1) is 0 Å². The Morgan fingerprint density at radius 2 is 1.81 bits per heavy atom. The topological polar surface area (TPSA) is 62.7 Å². The molecule has 2 aromatic heterocycles. The Hall–Kier alpha value is -3.34. The maximum Gasteiger partial charge on any atom is 0.224 e. The number of nitrogens with zero attached hydrogens (tertiary/aromatic N) is 2. The van der Waals surface area contributed by atoms with Gasteiger partial charge >= 0.3 is 0 Å². The standard InChI is InChI=1S/C22H22N4O/c1-15-20(16(2)26(25-15)18-8-4-3-5-9-18)14-24-22(27)12-17-13-23-21-11-7-6-10-19(17)21/h3-11,13,23H,12,14H2,1-2H3,(H,24,27). The van der Waals surface area contributed by atoms with Crippen molar-refractivity contribution in [1.82, 2.24) is 20.1 Å². The molecule has 0 unspecified atom stereocenters. The summed E-state index contributed by atoms with van der Waals surface area (Å²) in [5, 5.41) is 8.77. The van der Waals surface area contributed by atoms with Crippen LogP contribution in [0.2, 0.25) is 0 Å². The van der Waals surface area contributed by atoms with Crippen molar-refractivity contribution < 1.29 is 4.79 Å². The first-order valence-electron chi connectivity index (χ1n) is 9.05. The first kappa shape index (κ1) is 17.1. The zero-order chi connectivity index (χ0) is 18.8. The number of carbonyl (C=O) groups is 1. The number of hydrogen-bond acceptors (Lipinski definition) is 2. The van der Waals surface area contributed by atoms with E-state index in [-0.39, 0.29) is 5.91 Å². The Kier molecular flexibility index (Phi) is 4.50. The summed E-state index contributed by atoms with van der Waals surface area (Å²) >= 11 is 0. The molecule has 0 fully saturated rings. The second kappa shape index (κ2) is 7.11. The highest BCUT2D eigenvalue weighted by atomic mass is 16.1. The molecule has 0 bridgehead atoms. The number of H-pyrrole nitrogens is 1. The Morgan fingerprint density at radius 3 is 2.63 bits per heavy atom. The number of aryl methyl sites for hydroxylation is 1. The average Bonchev–Trinajstić information content (AvgIpc) is 3.22. The van der Waals surface area contributed by atoms with E-state index >= 15 is 0 Å². The number of rotatable bonds is 5. The summed E-state index contributed by atoms with van der Waals surface area (Å²) in [6.07, 6.45) is 2.27. The number of para-hydroxylation sites is 2. The number of nitrogens with one attached hydrogen (secondary N) is 2. The molecule has 2 heterocycles. The summed E-state index contributed by atoms with van der Waals surface area (Å²) in [7, 11) is 0. The lowest BCUT2D eigenvalue weighted by Gasteiger charge is -2.07. The summed E-state index contributed by atoms with van der Waals surface area (Å²) in [6.45, 7) is 4.49. The Morgan fingerprint density at radius 1 is 1.07 bits per heavy atom. The van der Waals surface area contributed by atoms with Gasteiger partial charge in [0.25, 0.3) is 0 Å². The van der Waals surface area contributed by atoms with Gasteiger partial charge in [0, 0.05) is 34.9 Å². The summed E-state index contributed by atoms with van der Waals surface area (Å²) in [5.41, 5.74) is 6.13. The Labute approximate surface area is 158 Å². The molecule has 0 saturated carbocycles. The molecule has 0 saturated heterocycles. The van der Waals surface area contributed by atoms with Gasteiger partial charge in [-0.2, -0.15) is 5.10 Å². The number of aromatic amines is 1. The fraction of sp³-hybridized carbons (Fsp3) is 0.182. The van der Waals surface area contributed by atoms with E-state index in [2.05, 4.69) is 15.4 Å². The molecule has 4 rings (SSSR count). The molecule has 0 aliphatic carbocycles. The van der Waals surface area contributed by atoms with Crippen LogP contribution in [0.25, 0.3) is 16.6 Å². The van der Waals surface area contributed by atoms with Gasteiger partial charge < -0.3 is 10.3 Å². The molecule has 136 valence electrons. The maximum atomic E-state index is 12.5. The van der Waals surface area contributed by atoms with Gasteiger partial charge in [-0.3, -0.25) is 4.79 Å². The molecule has 0 aliphatic rings. The Bertz CT molecular complexity index is 1090. The number of carbonyl (C=O) groups excluding carboxylic acids is 1. The molecule has 0 atom stereocenters. The zero-order valence-electron chi connectivity index (χ0n) is 15.5. The zero-order valence-corrected chi connectivity index (χ0v) is 15.5. The van der Waals surface area contributed by atoms with Crippen LogP contribution in [0, 0.1) is 13.8 Å². The number of aromatic nitrogens is 3. The van der Waals surface area contributed by atoms with Crippen molar-refractivity contribution in [2.45, 2.75) is 26.8 Å². The normalized spacial score (nSPS) is 11.0. The van der Waals surface area contributed by atoms with Gasteiger partial charge in [0.05, 0.1) is 17.8 Å². The van der Waals surface area contributed by atoms with Crippen LogP contribution in [0.1, 0.15) is 22.5 Å². The minimum absolute atomic E-state index is 0.00557. The maximum absolute atomic E-state index is 12.5. The van der Waals surface area contributed by atoms with E-state index in [1.807, 2.05) is 79.3 Å². The van der Waals surface area contributed by atoms with E-state index in [0.717, 1.165) is 39.1 Å². The molecule has 5 nitrogen and oxygen atoms in total. The van der Waals surface area contributed by atoms with E-state index in [4.69, 9.17) is 0 Å². The predicted molar refractivity (Wildman–Crippen MR) is 107 cm³/mol. The smallest absolute Gasteiger partial charge is 0.224 e. The van der Waals surface area contributed by atoms with Gasteiger partial charge in [0.15, 0.2) is 0 Å². The van der Waals surface area contributed by atoms with Crippen molar-refractivity contribution in [3.8, 4) is 5.69 Å². The molecule has 5 heteroatoms. The average molecular weight is 358 g/mol.